The Kier molecular flexibility index (Phi) is 4.29. The molecule has 108 valence electrons. The van der Waals surface area contributed by atoms with Gasteiger partial charge in [-0.05, 0) is 37.1 Å². The average molecular weight is 297 g/mol. The summed E-state index contributed by atoms with van der Waals surface area (Å²) in [6.07, 6.45) is 2.51. The van der Waals surface area contributed by atoms with Crippen LogP contribution in [0.2, 0.25) is 0 Å². The first kappa shape index (κ1) is 14.4. The first-order chi connectivity index (χ1) is 9.53. The van der Waals surface area contributed by atoms with E-state index in [1.165, 1.54) is 37.6 Å². The van der Waals surface area contributed by atoms with Crippen molar-refractivity contribution < 1.29 is 22.7 Å². The molecule has 0 spiro atoms. The monoisotopic (exact) mass is 297 g/mol. The van der Waals surface area contributed by atoms with Crippen LogP contribution in [0.1, 0.15) is 12.8 Å². The van der Waals surface area contributed by atoms with Gasteiger partial charge in [-0.3, -0.25) is 4.79 Å². The van der Waals surface area contributed by atoms with Crippen molar-refractivity contribution >= 4 is 15.9 Å². The number of benzene rings is 1. The molecule has 20 heavy (non-hydrogen) atoms. The smallest absolute Gasteiger partial charge is 0.264 e. The molecule has 1 aromatic carbocycles. The molecule has 0 saturated carbocycles. The molecule has 7 heteroatoms. The SMILES string of the molecule is COc1ccc(S(=O)(=O)NC(=O)C2=COCCC2)cc1. The van der Waals surface area contributed by atoms with Crippen molar-refractivity contribution in [3.63, 3.8) is 0 Å². The van der Waals surface area contributed by atoms with Crippen LogP contribution in [0, 0.1) is 0 Å². The zero-order valence-electron chi connectivity index (χ0n) is 11.0. The van der Waals surface area contributed by atoms with Gasteiger partial charge < -0.3 is 9.47 Å². The number of amides is 1. The second-order valence-electron chi connectivity index (χ2n) is 4.23. The summed E-state index contributed by atoms with van der Waals surface area (Å²) in [5, 5.41) is 0. The molecule has 0 fully saturated rings. The number of nitrogens with one attached hydrogen (secondary N) is 1. The van der Waals surface area contributed by atoms with E-state index in [1.54, 1.807) is 0 Å². The van der Waals surface area contributed by atoms with E-state index in [1.807, 2.05) is 4.72 Å². The molecule has 0 unspecified atom stereocenters. The number of hydrogen-bond donors (Lipinski definition) is 1. The van der Waals surface area contributed by atoms with Gasteiger partial charge in [-0.25, -0.2) is 13.1 Å². The lowest BCUT2D eigenvalue weighted by Crippen LogP contribution is -2.32. The molecule has 1 aliphatic heterocycles. The normalized spacial score (nSPS) is 14.9. The van der Waals surface area contributed by atoms with Gasteiger partial charge in [0.05, 0.1) is 30.4 Å². The highest BCUT2D eigenvalue weighted by Gasteiger charge is 2.21. The summed E-state index contributed by atoms with van der Waals surface area (Å²) in [7, 11) is -2.40. The lowest BCUT2D eigenvalue weighted by molar-refractivity contribution is -0.116. The van der Waals surface area contributed by atoms with Crippen molar-refractivity contribution in [1.82, 2.24) is 4.72 Å². The standard InChI is InChI=1S/C13H15NO5S/c1-18-11-4-6-12(7-5-11)20(16,17)14-13(15)10-3-2-8-19-9-10/h4-7,9H,2-3,8H2,1H3,(H,14,15). The number of carbonyl (C=O) groups excluding carboxylic acids is 1. The van der Waals surface area contributed by atoms with Crippen LogP contribution in [-0.4, -0.2) is 28.0 Å². The summed E-state index contributed by atoms with van der Waals surface area (Å²) in [6, 6.07) is 5.78. The Morgan fingerprint density at radius 2 is 2.00 bits per heavy atom. The molecule has 1 heterocycles. The summed E-state index contributed by atoms with van der Waals surface area (Å²) in [5.74, 6) is -0.112. The van der Waals surface area contributed by atoms with E-state index >= 15 is 0 Å². The van der Waals surface area contributed by atoms with E-state index in [9.17, 15) is 13.2 Å². The fourth-order valence-corrected chi connectivity index (χ4v) is 2.72. The van der Waals surface area contributed by atoms with Crippen LogP contribution >= 0.6 is 0 Å². The van der Waals surface area contributed by atoms with E-state index in [4.69, 9.17) is 9.47 Å². The minimum absolute atomic E-state index is 0.00368. The van der Waals surface area contributed by atoms with Gasteiger partial charge in [0.2, 0.25) is 0 Å². The van der Waals surface area contributed by atoms with Crippen molar-refractivity contribution in [1.29, 1.82) is 0 Å². The predicted molar refractivity (Wildman–Crippen MR) is 71.6 cm³/mol. The lowest BCUT2D eigenvalue weighted by Gasteiger charge is -2.13. The first-order valence-corrected chi connectivity index (χ1v) is 7.53. The van der Waals surface area contributed by atoms with E-state index < -0.39 is 15.9 Å². The molecule has 1 aliphatic rings. The fourth-order valence-electron chi connectivity index (χ4n) is 1.73. The molecule has 0 saturated heterocycles. The number of ether oxygens (including phenoxy) is 2. The van der Waals surface area contributed by atoms with Crippen molar-refractivity contribution in [2.24, 2.45) is 0 Å². The Bertz CT molecular complexity index is 619. The molecule has 2 rings (SSSR count). The van der Waals surface area contributed by atoms with Gasteiger partial charge in [-0.1, -0.05) is 0 Å². The van der Waals surface area contributed by atoms with Crippen LogP contribution in [0.25, 0.3) is 0 Å². The molecule has 0 atom stereocenters. The highest BCUT2D eigenvalue weighted by atomic mass is 32.2. The molecule has 1 N–H and O–H groups in total. The van der Waals surface area contributed by atoms with Gasteiger partial charge in [-0.15, -0.1) is 0 Å². The van der Waals surface area contributed by atoms with Gasteiger partial charge >= 0.3 is 0 Å². The second-order valence-corrected chi connectivity index (χ2v) is 5.91. The average Bonchev–Trinajstić information content (AvgIpc) is 2.48. The summed E-state index contributed by atoms with van der Waals surface area (Å²) in [5.41, 5.74) is 0.327. The van der Waals surface area contributed by atoms with Crippen LogP contribution in [0.3, 0.4) is 0 Å². The molecular formula is C13H15NO5S. The van der Waals surface area contributed by atoms with Gasteiger partial charge in [0.1, 0.15) is 5.75 Å². The number of sulfonamides is 1. The molecule has 6 nitrogen and oxygen atoms in total. The van der Waals surface area contributed by atoms with Crippen LogP contribution in [0.15, 0.2) is 41.0 Å². The first-order valence-electron chi connectivity index (χ1n) is 6.05. The third-order valence-electron chi connectivity index (χ3n) is 2.82. The zero-order chi connectivity index (χ0) is 14.6. The van der Waals surface area contributed by atoms with Gasteiger partial charge in [0.15, 0.2) is 0 Å². The van der Waals surface area contributed by atoms with Gasteiger partial charge in [-0.2, -0.15) is 0 Å². The van der Waals surface area contributed by atoms with E-state index in [0.717, 1.165) is 0 Å². The molecule has 1 aromatic rings. The Morgan fingerprint density at radius 1 is 1.30 bits per heavy atom. The number of carbonyl (C=O) groups is 1. The molecule has 0 bridgehead atoms. The summed E-state index contributed by atoms with van der Waals surface area (Å²) in [6.45, 7) is 0.544. The maximum Gasteiger partial charge on any atom is 0.264 e. The Hall–Kier alpha value is -2.02. The maximum atomic E-state index is 12.0. The van der Waals surface area contributed by atoms with Crippen molar-refractivity contribution in [2.75, 3.05) is 13.7 Å². The van der Waals surface area contributed by atoms with Gasteiger partial charge in [0.25, 0.3) is 15.9 Å². The van der Waals surface area contributed by atoms with Gasteiger partial charge in [0, 0.05) is 0 Å². The Labute approximate surface area is 117 Å². The summed E-state index contributed by atoms with van der Waals surface area (Å²) in [4.78, 5) is 11.9. The molecule has 0 radical (unpaired) electrons. The summed E-state index contributed by atoms with van der Waals surface area (Å²) >= 11 is 0. The van der Waals surface area contributed by atoms with Crippen molar-refractivity contribution in [3.8, 4) is 5.75 Å². The van der Waals surface area contributed by atoms with Crippen LogP contribution in [-0.2, 0) is 19.6 Å². The lowest BCUT2D eigenvalue weighted by atomic mass is 10.1. The maximum absolute atomic E-state index is 12.0. The highest BCUT2D eigenvalue weighted by Crippen LogP contribution is 2.17. The Balaban J connectivity index is 2.13. The van der Waals surface area contributed by atoms with Crippen LogP contribution < -0.4 is 9.46 Å². The van der Waals surface area contributed by atoms with Crippen molar-refractivity contribution in [2.45, 2.75) is 17.7 Å². The molecule has 0 aliphatic carbocycles. The largest absolute Gasteiger partial charge is 0.501 e. The highest BCUT2D eigenvalue weighted by molar-refractivity contribution is 7.90. The minimum Gasteiger partial charge on any atom is -0.501 e. The van der Waals surface area contributed by atoms with E-state index in [-0.39, 0.29) is 4.90 Å². The second kappa shape index (κ2) is 5.96. The van der Waals surface area contributed by atoms with E-state index in [0.29, 0.717) is 30.8 Å². The fraction of sp³-hybridized carbons (Fsp3) is 0.308. The molecule has 1 amide bonds. The number of methoxy groups -OCH3 is 1. The zero-order valence-corrected chi connectivity index (χ0v) is 11.8. The third kappa shape index (κ3) is 3.30. The Morgan fingerprint density at radius 3 is 2.55 bits per heavy atom. The molecular weight excluding hydrogens is 282 g/mol. The minimum atomic E-state index is -3.89. The summed E-state index contributed by atoms with van der Waals surface area (Å²) < 4.78 is 36.1. The third-order valence-corrected chi connectivity index (χ3v) is 4.17. The number of hydrogen-bond acceptors (Lipinski definition) is 5. The van der Waals surface area contributed by atoms with E-state index in [2.05, 4.69) is 0 Å². The van der Waals surface area contributed by atoms with Crippen LogP contribution in [0.4, 0.5) is 0 Å². The van der Waals surface area contributed by atoms with Crippen LogP contribution in [0.5, 0.6) is 5.75 Å². The van der Waals surface area contributed by atoms with Crippen molar-refractivity contribution in [3.05, 3.63) is 36.1 Å². The predicted octanol–water partition coefficient (Wildman–Crippen LogP) is 1.19. The number of rotatable bonds is 4. The molecule has 0 aromatic heterocycles. The topological polar surface area (TPSA) is 81.7 Å². The quantitative estimate of drug-likeness (QED) is 0.903.